The van der Waals surface area contributed by atoms with Crippen LogP contribution in [0.1, 0.15) is 34.3 Å². The van der Waals surface area contributed by atoms with E-state index in [0.29, 0.717) is 29.4 Å². The van der Waals surface area contributed by atoms with Gasteiger partial charge in [-0.2, -0.15) is 0 Å². The van der Waals surface area contributed by atoms with Gasteiger partial charge in [-0.3, -0.25) is 9.48 Å². The number of hydrogen-bond donors (Lipinski definition) is 0. The number of hydrogen-bond acceptors (Lipinski definition) is 6. The fraction of sp³-hybridized carbons (Fsp3) is 0.353. The molecule has 9 heteroatoms. The highest BCUT2D eigenvalue weighted by Gasteiger charge is 2.29. The molecule has 3 aromatic rings. The summed E-state index contributed by atoms with van der Waals surface area (Å²) in [7, 11) is 1.73. The van der Waals surface area contributed by atoms with Crippen LogP contribution >= 0.6 is 11.3 Å². The Morgan fingerprint density at radius 3 is 2.88 bits per heavy atom. The van der Waals surface area contributed by atoms with E-state index in [1.807, 2.05) is 0 Å². The van der Waals surface area contributed by atoms with E-state index in [-0.39, 0.29) is 17.6 Å². The fourth-order valence-corrected chi connectivity index (χ4v) is 4.11. The van der Waals surface area contributed by atoms with Crippen molar-refractivity contribution >= 4 is 17.2 Å². The summed E-state index contributed by atoms with van der Waals surface area (Å²) < 4.78 is 15.5. The largest absolute Gasteiger partial charge is 0.336 e. The molecule has 1 saturated heterocycles. The second-order valence-electron chi connectivity index (χ2n) is 6.29. The number of likely N-dealkylation sites (tertiary alicyclic amines) is 1. The number of piperidine rings is 1. The summed E-state index contributed by atoms with van der Waals surface area (Å²) in [6.45, 7) is 1.24. The topological polar surface area (TPSA) is 76.8 Å². The molecule has 0 spiro atoms. The molecule has 0 bridgehead atoms. The van der Waals surface area contributed by atoms with Crippen molar-refractivity contribution in [1.29, 1.82) is 0 Å². The number of benzene rings is 1. The average Bonchev–Trinajstić information content (AvgIpc) is 3.31. The lowest BCUT2D eigenvalue weighted by Gasteiger charge is -2.31. The van der Waals surface area contributed by atoms with Crippen LogP contribution in [0.5, 0.6) is 0 Å². The predicted molar refractivity (Wildman–Crippen MR) is 94.2 cm³/mol. The summed E-state index contributed by atoms with van der Waals surface area (Å²) >= 11 is 1.39. The zero-order valence-electron chi connectivity index (χ0n) is 14.2. The molecule has 1 aliphatic rings. The van der Waals surface area contributed by atoms with Gasteiger partial charge in [-0.25, -0.2) is 4.39 Å². The summed E-state index contributed by atoms with van der Waals surface area (Å²) in [5, 5.41) is 17.5. The van der Waals surface area contributed by atoms with Gasteiger partial charge in [0.25, 0.3) is 5.91 Å². The Balaban J connectivity index is 1.52. The van der Waals surface area contributed by atoms with E-state index < -0.39 is 0 Å². The first-order valence-corrected chi connectivity index (χ1v) is 9.17. The van der Waals surface area contributed by atoms with Crippen LogP contribution in [0.25, 0.3) is 10.6 Å². The van der Waals surface area contributed by atoms with Crippen LogP contribution in [0.3, 0.4) is 0 Å². The molecule has 3 heterocycles. The van der Waals surface area contributed by atoms with Crippen LogP contribution in [0.2, 0.25) is 0 Å². The summed E-state index contributed by atoms with van der Waals surface area (Å²) in [6.07, 6.45) is 3.43. The SMILES string of the molecule is Cn1cc(C(=O)N2CCC[C@@H](c3nnc(-c4ccccc4F)s3)C2)nn1. The molecule has 1 aliphatic heterocycles. The second kappa shape index (κ2) is 6.91. The average molecular weight is 372 g/mol. The highest BCUT2D eigenvalue weighted by Crippen LogP contribution is 2.33. The molecular weight excluding hydrogens is 355 g/mol. The molecule has 134 valence electrons. The lowest BCUT2D eigenvalue weighted by molar-refractivity contribution is 0.0700. The molecule has 0 aliphatic carbocycles. The van der Waals surface area contributed by atoms with Crippen molar-refractivity contribution in [2.75, 3.05) is 13.1 Å². The molecule has 0 saturated carbocycles. The molecule has 2 aromatic heterocycles. The number of carbonyl (C=O) groups is 1. The Morgan fingerprint density at radius 1 is 1.27 bits per heavy atom. The number of rotatable bonds is 3. The molecule has 26 heavy (non-hydrogen) atoms. The molecule has 7 nitrogen and oxygen atoms in total. The highest BCUT2D eigenvalue weighted by atomic mass is 32.1. The van der Waals surface area contributed by atoms with Crippen molar-refractivity contribution < 1.29 is 9.18 Å². The van der Waals surface area contributed by atoms with Gasteiger partial charge in [0, 0.05) is 31.6 Å². The number of aromatic nitrogens is 5. The van der Waals surface area contributed by atoms with E-state index in [2.05, 4.69) is 20.5 Å². The monoisotopic (exact) mass is 372 g/mol. The Morgan fingerprint density at radius 2 is 2.12 bits per heavy atom. The molecule has 1 amide bonds. The standard InChI is InChI=1S/C17H17FN6OS/c1-23-10-14(19-22-23)17(25)24-8-4-5-11(9-24)15-20-21-16(26-15)12-6-2-3-7-13(12)18/h2-3,6-7,10-11H,4-5,8-9H2,1H3/t11-/m1/s1. The fourth-order valence-electron chi connectivity index (χ4n) is 3.11. The van der Waals surface area contributed by atoms with Gasteiger partial charge in [-0.05, 0) is 25.0 Å². The van der Waals surface area contributed by atoms with Gasteiger partial charge < -0.3 is 4.90 Å². The summed E-state index contributed by atoms with van der Waals surface area (Å²) in [5.74, 6) is -0.331. The van der Waals surface area contributed by atoms with E-state index in [4.69, 9.17) is 0 Å². The maximum Gasteiger partial charge on any atom is 0.276 e. The van der Waals surface area contributed by atoms with Gasteiger partial charge in [-0.15, -0.1) is 15.3 Å². The molecule has 1 atom stereocenters. The predicted octanol–water partition coefficient (Wildman–Crippen LogP) is 2.49. The van der Waals surface area contributed by atoms with Gasteiger partial charge in [0.05, 0.1) is 6.20 Å². The minimum absolute atomic E-state index is 0.0994. The van der Waals surface area contributed by atoms with Crippen LogP contribution < -0.4 is 0 Å². The molecular formula is C17H17FN6OS. The maximum absolute atomic E-state index is 14.0. The van der Waals surface area contributed by atoms with Crippen molar-refractivity contribution in [2.24, 2.45) is 7.05 Å². The van der Waals surface area contributed by atoms with E-state index in [1.54, 1.807) is 36.3 Å². The first-order chi connectivity index (χ1) is 12.6. The van der Waals surface area contributed by atoms with Gasteiger partial charge in [-0.1, -0.05) is 28.7 Å². The first-order valence-electron chi connectivity index (χ1n) is 8.35. The number of carbonyl (C=O) groups excluding carboxylic acids is 1. The molecule has 0 radical (unpaired) electrons. The smallest absolute Gasteiger partial charge is 0.276 e. The summed E-state index contributed by atoms with van der Waals surface area (Å²) in [6, 6.07) is 6.54. The Bertz CT molecular complexity index is 939. The van der Waals surface area contributed by atoms with E-state index in [9.17, 15) is 9.18 Å². The number of amides is 1. The third kappa shape index (κ3) is 3.22. The minimum Gasteiger partial charge on any atom is -0.336 e. The molecule has 0 N–H and O–H groups in total. The molecule has 1 aromatic carbocycles. The number of halogens is 1. The van der Waals surface area contributed by atoms with Crippen molar-refractivity contribution in [3.8, 4) is 10.6 Å². The number of nitrogens with zero attached hydrogens (tertiary/aromatic N) is 6. The van der Waals surface area contributed by atoms with Crippen LogP contribution in [0.15, 0.2) is 30.5 Å². The molecule has 0 unspecified atom stereocenters. The van der Waals surface area contributed by atoms with Crippen molar-refractivity contribution in [2.45, 2.75) is 18.8 Å². The molecule has 4 rings (SSSR count). The highest BCUT2D eigenvalue weighted by molar-refractivity contribution is 7.14. The Kier molecular flexibility index (Phi) is 4.46. The summed E-state index contributed by atoms with van der Waals surface area (Å²) in [5.41, 5.74) is 0.803. The van der Waals surface area contributed by atoms with Crippen LogP contribution in [-0.4, -0.2) is 49.1 Å². The van der Waals surface area contributed by atoms with Crippen molar-refractivity contribution in [1.82, 2.24) is 30.1 Å². The van der Waals surface area contributed by atoms with E-state index in [0.717, 1.165) is 17.8 Å². The third-order valence-electron chi connectivity index (χ3n) is 4.42. The van der Waals surface area contributed by atoms with E-state index >= 15 is 0 Å². The lowest BCUT2D eigenvalue weighted by atomic mass is 9.98. The zero-order chi connectivity index (χ0) is 18.1. The maximum atomic E-state index is 14.0. The van der Waals surface area contributed by atoms with E-state index in [1.165, 1.54) is 22.1 Å². The van der Waals surface area contributed by atoms with Gasteiger partial charge in [0.15, 0.2) is 10.7 Å². The Labute approximate surface area is 153 Å². The normalized spacial score (nSPS) is 17.5. The van der Waals surface area contributed by atoms with Crippen molar-refractivity contribution in [3.05, 3.63) is 47.0 Å². The Hall–Kier alpha value is -2.68. The quantitative estimate of drug-likeness (QED) is 0.706. The second-order valence-corrected chi connectivity index (χ2v) is 7.30. The van der Waals surface area contributed by atoms with Gasteiger partial charge in [0.1, 0.15) is 10.8 Å². The molecule has 1 fully saturated rings. The lowest BCUT2D eigenvalue weighted by Crippen LogP contribution is -2.39. The third-order valence-corrected chi connectivity index (χ3v) is 5.54. The van der Waals surface area contributed by atoms with Gasteiger partial charge >= 0.3 is 0 Å². The van der Waals surface area contributed by atoms with Crippen LogP contribution in [-0.2, 0) is 7.05 Å². The van der Waals surface area contributed by atoms with Crippen molar-refractivity contribution in [3.63, 3.8) is 0 Å². The van der Waals surface area contributed by atoms with Crippen LogP contribution in [0, 0.1) is 5.82 Å². The number of aryl methyl sites for hydroxylation is 1. The van der Waals surface area contributed by atoms with Gasteiger partial charge in [0.2, 0.25) is 0 Å². The zero-order valence-corrected chi connectivity index (χ0v) is 15.0. The van der Waals surface area contributed by atoms with Crippen LogP contribution in [0.4, 0.5) is 4.39 Å². The minimum atomic E-state index is -0.307. The first kappa shape index (κ1) is 16.8. The summed E-state index contributed by atoms with van der Waals surface area (Å²) in [4.78, 5) is 14.4.